The van der Waals surface area contributed by atoms with Crippen LogP contribution < -0.4 is 0 Å². The lowest BCUT2D eigenvalue weighted by Crippen LogP contribution is -1.86. The molecule has 14 heavy (non-hydrogen) atoms. The maximum absolute atomic E-state index is 4.09. The van der Waals surface area contributed by atoms with E-state index in [1.165, 1.54) is 5.56 Å². The lowest BCUT2D eigenvalue weighted by Gasteiger charge is -1.97. The zero-order chi connectivity index (χ0) is 9.97. The number of nitrogens with zero attached hydrogens (tertiary/aromatic N) is 2. The van der Waals surface area contributed by atoms with Crippen LogP contribution in [0.25, 0.3) is 0 Å². The van der Waals surface area contributed by atoms with E-state index in [9.17, 15) is 0 Å². The van der Waals surface area contributed by atoms with Crippen LogP contribution in [0.3, 0.4) is 0 Å². The highest BCUT2D eigenvalue weighted by molar-refractivity contribution is 9.10. The molecule has 0 saturated carbocycles. The van der Waals surface area contributed by atoms with E-state index in [1.807, 2.05) is 19.1 Å². The van der Waals surface area contributed by atoms with Crippen molar-refractivity contribution in [2.45, 2.75) is 13.3 Å². The van der Waals surface area contributed by atoms with E-state index in [2.05, 4.69) is 38.3 Å². The highest BCUT2D eigenvalue weighted by Crippen LogP contribution is 2.17. The summed E-state index contributed by atoms with van der Waals surface area (Å²) in [4.78, 5) is 0. The first-order valence-electron chi connectivity index (χ1n) is 4.27. The molecule has 2 rings (SSSR count). The standard InChI is InChI=1S/C10H9BrN2S/c1-7-12-13-10(14-7)6-8-3-2-4-9(11)5-8/h2-5H,6H2,1H3. The summed E-state index contributed by atoms with van der Waals surface area (Å²) in [6, 6.07) is 8.26. The second kappa shape index (κ2) is 4.19. The normalized spacial score (nSPS) is 10.4. The average molecular weight is 269 g/mol. The summed E-state index contributed by atoms with van der Waals surface area (Å²) in [5, 5.41) is 10.2. The molecule has 0 N–H and O–H groups in total. The minimum absolute atomic E-state index is 0.866. The molecular formula is C10H9BrN2S. The maximum atomic E-state index is 4.09. The van der Waals surface area contributed by atoms with Gasteiger partial charge in [0.1, 0.15) is 10.0 Å². The third kappa shape index (κ3) is 2.39. The van der Waals surface area contributed by atoms with E-state index < -0.39 is 0 Å². The molecule has 72 valence electrons. The number of halogens is 1. The molecule has 0 saturated heterocycles. The molecule has 0 fully saturated rings. The van der Waals surface area contributed by atoms with Gasteiger partial charge in [0, 0.05) is 10.9 Å². The van der Waals surface area contributed by atoms with Crippen molar-refractivity contribution in [3.63, 3.8) is 0 Å². The highest BCUT2D eigenvalue weighted by atomic mass is 79.9. The summed E-state index contributed by atoms with van der Waals surface area (Å²) < 4.78 is 1.11. The van der Waals surface area contributed by atoms with Crippen LogP contribution in [0.2, 0.25) is 0 Å². The Kier molecular flexibility index (Phi) is 2.93. The average Bonchev–Trinajstić information content (AvgIpc) is 2.51. The molecule has 0 amide bonds. The van der Waals surface area contributed by atoms with Gasteiger partial charge in [0.15, 0.2) is 0 Å². The van der Waals surface area contributed by atoms with Crippen molar-refractivity contribution >= 4 is 27.3 Å². The van der Waals surface area contributed by atoms with Crippen LogP contribution in [0.1, 0.15) is 15.6 Å². The molecule has 1 heterocycles. The summed E-state index contributed by atoms with van der Waals surface area (Å²) in [7, 11) is 0. The highest BCUT2D eigenvalue weighted by Gasteiger charge is 2.01. The van der Waals surface area contributed by atoms with E-state index in [4.69, 9.17) is 0 Å². The molecule has 4 heteroatoms. The van der Waals surface area contributed by atoms with Gasteiger partial charge in [-0.1, -0.05) is 28.1 Å². The zero-order valence-corrected chi connectivity index (χ0v) is 10.1. The molecule has 2 aromatic rings. The number of hydrogen-bond donors (Lipinski definition) is 0. The topological polar surface area (TPSA) is 25.8 Å². The Hall–Kier alpha value is -0.740. The van der Waals surface area contributed by atoms with E-state index >= 15 is 0 Å². The SMILES string of the molecule is Cc1nnc(Cc2cccc(Br)c2)s1. The Balaban J connectivity index is 2.18. The molecule has 0 spiro atoms. The quantitative estimate of drug-likeness (QED) is 0.836. The summed E-state index contributed by atoms with van der Waals surface area (Å²) in [5.74, 6) is 0. The Bertz CT molecular complexity index is 439. The zero-order valence-electron chi connectivity index (χ0n) is 7.70. The smallest absolute Gasteiger partial charge is 0.121 e. The maximum Gasteiger partial charge on any atom is 0.121 e. The summed E-state index contributed by atoms with van der Waals surface area (Å²) >= 11 is 5.10. The fourth-order valence-electron chi connectivity index (χ4n) is 1.23. The van der Waals surface area contributed by atoms with Gasteiger partial charge in [0.2, 0.25) is 0 Å². The van der Waals surface area contributed by atoms with Gasteiger partial charge in [-0.05, 0) is 24.6 Å². The second-order valence-electron chi connectivity index (χ2n) is 3.02. The Labute approximate surface area is 95.1 Å². The first-order chi connectivity index (χ1) is 6.74. The van der Waals surface area contributed by atoms with Crippen molar-refractivity contribution in [2.24, 2.45) is 0 Å². The van der Waals surface area contributed by atoms with Crippen molar-refractivity contribution in [1.82, 2.24) is 10.2 Å². The fraction of sp³-hybridized carbons (Fsp3) is 0.200. The van der Waals surface area contributed by atoms with E-state index in [-0.39, 0.29) is 0 Å². The lowest BCUT2D eigenvalue weighted by atomic mass is 10.2. The predicted octanol–water partition coefficient (Wildman–Crippen LogP) is 3.20. The number of rotatable bonds is 2. The van der Waals surface area contributed by atoms with E-state index in [1.54, 1.807) is 11.3 Å². The van der Waals surface area contributed by atoms with Crippen LogP contribution in [0.4, 0.5) is 0 Å². The number of hydrogen-bond acceptors (Lipinski definition) is 3. The molecule has 2 nitrogen and oxygen atoms in total. The molecule has 0 aliphatic heterocycles. The Morgan fingerprint density at radius 2 is 2.21 bits per heavy atom. The first kappa shape index (κ1) is 9.80. The van der Waals surface area contributed by atoms with Crippen LogP contribution in [-0.2, 0) is 6.42 Å². The van der Waals surface area contributed by atoms with Gasteiger partial charge < -0.3 is 0 Å². The second-order valence-corrected chi connectivity index (χ2v) is 5.20. The Morgan fingerprint density at radius 3 is 2.86 bits per heavy atom. The molecule has 0 radical (unpaired) electrons. The van der Waals surface area contributed by atoms with Gasteiger partial charge in [0.25, 0.3) is 0 Å². The number of benzene rings is 1. The van der Waals surface area contributed by atoms with E-state index in [0.717, 1.165) is 20.9 Å². The summed E-state index contributed by atoms with van der Waals surface area (Å²) in [6.07, 6.45) is 0.866. The molecule has 0 bridgehead atoms. The molecule has 0 unspecified atom stereocenters. The molecule has 1 aromatic heterocycles. The van der Waals surface area contributed by atoms with Crippen molar-refractivity contribution in [3.8, 4) is 0 Å². The van der Waals surface area contributed by atoms with Crippen LogP contribution in [0, 0.1) is 6.92 Å². The largest absolute Gasteiger partial charge is 0.144 e. The van der Waals surface area contributed by atoms with Crippen LogP contribution in [-0.4, -0.2) is 10.2 Å². The van der Waals surface area contributed by atoms with Crippen molar-refractivity contribution < 1.29 is 0 Å². The lowest BCUT2D eigenvalue weighted by molar-refractivity contribution is 0.981. The first-order valence-corrected chi connectivity index (χ1v) is 5.88. The van der Waals surface area contributed by atoms with Gasteiger partial charge in [-0.25, -0.2) is 0 Å². The van der Waals surface area contributed by atoms with Gasteiger partial charge in [-0.15, -0.1) is 21.5 Å². The number of aryl methyl sites for hydroxylation is 1. The van der Waals surface area contributed by atoms with Gasteiger partial charge in [-0.2, -0.15) is 0 Å². The third-order valence-electron chi connectivity index (χ3n) is 1.81. The van der Waals surface area contributed by atoms with Crippen LogP contribution in [0.15, 0.2) is 28.7 Å². The fourth-order valence-corrected chi connectivity index (χ4v) is 2.42. The van der Waals surface area contributed by atoms with E-state index in [0.29, 0.717) is 0 Å². The molecular weight excluding hydrogens is 260 g/mol. The monoisotopic (exact) mass is 268 g/mol. The van der Waals surface area contributed by atoms with Crippen molar-refractivity contribution in [2.75, 3.05) is 0 Å². The van der Waals surface area contributed by atoms with Crippen molar-refractivity contribution in [1.29, 1.82) is 0 Å². The van der Waals surface area contributed by atoms with Crippen molar-refractivity contribution in [3.05, 3.63) is 44.3 Å². The number of aromatic nitrogens is 2. The van der Waals surface area contributed by atoms with Crippen LogP contribution >= 0.6 is 27.3 Å². The molecule has 0 atom stereocenters. The van der Waals surface area contributed by atoms with Gasteiger partial charge in [0.05, 0.1) is 0 Å². The third-order valence-corrected chi connectivity index (χ3v) is 3.14. The molecule has 1 aromatic carbocycles. The van der Waals surface area contributed by atoms with Crippen LogP contribution in [0.5, 0.6) is 0 Å². The molecule has 0 aliphatic carbocycles. The minimum Gasteiger partial charge on any atom is -0.144 e. The molecule has 0 aliphatic rings. The summed E-state index contributed by atoms with van der Waals surface area (Å²) in [6.45, 7) is 1.97. The minimum atomic E-state index is 0.866. The predicted molar refractivity (Wildman–Crippen MR) is 61.6 cm³/mol. The van der Waals surface area contributed by atoms with Gasteiger partial charge in [-0.3, -0.25) is 0 Å². The van der Waals surface area contributed by atoms with Gasteiger partial charge >= 0.3 is 0 Å². The summed E-state index contributed by atoms with van der Waals surface area (Å²) in [5.41, 5.74) is 1.26. The Morgan fingerprint density at radius 1 is 1.36 bits per heavy atom.